The minimum absolute atomic E-state index is 0.0575. The summed E-state index contributed by atoms with van der Waals surface area (Å²) < 4.78 is 24.3. The third kappa shape index (κ3) is 6.46. The van der Waals surface area contributed by atoms with E-state index in [0.717, 1.165) is 16.8 Å². The largest absolute Gasteiger partial charge is 0.378 e. The van der Waals surface area contributed by atoms with Gasteiger partial charge in [0.05, 0.1) is 17.1 Å². The molecule has 1 aromatic heterocycles. The average molecular weight is 615 g/mol. The lowest BCUT2D eigenvalue weighted by Crippen LogP contribution is -2.67. The average Bonchev–Trinajstić information content (AvgIpc) is 3.18. The van der Waals surface area contributed by atoms with Crippen LogP contribution < -0.4 is 22.5 Å². The third-order valence-corrected chi connectivity index (χ3v) is 7.84. The lowest BCUT2D eigenvalue weighted by molar-refractivity contribution is -0.384. The van der Waals surface area contributed by atoms with Gasteiger partial charge >= 0.3 is 5.69 Å². The van der Waals surface area contributed by atoms with Crippen LogP contribution in [0.25, 0.3) is 0 Å². The lowest BCUT2D eigenvalue weighted by Gasteiger charge is -2.47. The van der Waals surface area contributed by atoms with Gasteiger partial charge in [0.15, 0.2) is 11.8 Å². The van der Waals surface area contributed by atoms with Gasteiger partial charge in [-0.3, -0.25) is 30.0 Å². The lowest BCUT2D eigenvalue weighted by atomic mass is 9.80. The Morgan fingerprint density at radius 3 is 2.57 bits per heavy atom. The third-order valence-electron chi connectivity index (χ3n) is 7.40. The van der Waals surface area contributed by atoms with Crippen molar-refractivity contribution in [2.75, 3.05) is 26.7 Å². The molecule has 2 fully saturated rings. The Morgan fingerprint density at radius 1 is 1.29 bits per heavy atom. The zero-order chi connectivity index (χ0) is 30.7. The number of hydrogen-bond acceptors (Lipinski definition) is 14. The van der Waals surface area contributed by atoms with Crippen molar-refractivity contribution in [3.8, 4) is 0 Å². The fourth-order valence-corrected chi connectivity index (χ4v) is 5.71. The highest BCUT2D eigenvalue weighted by Crippen LogP contribution is 2.52. The molecule has 1 aromatic carbocycles. The Hall–Kier alpha value is -2.67. The molecule has 0 bridgehead atoms. The van der Waals surface area contributed by atoms with E-state index in [2.05, 4.69) is 4.98 Å². The first-order chi connectivity index (χ1) is 19.9. The van der Waals surface area contributed by atoms with Gasteiger partial charge in [-0.2, -0.15) is 5.06 Å². The van der Waals surface area contributed by atoms with E-state index >= 15 is 0 Å². The number of aromatic nitrogens is 2. The first kappa shape index (κ1) is 32.2. The van der Waals surface area contributed by atoms with Gasteiger partial charge in [0.1, 0.15) is 6.10 Å². The summed E-state index contributed by atoms with van der Waals surface area (Å²) in [6.07, 6.45) is -2.38. The van der Waals surface area contributed by atoms with Crippen LogP contribution in [0.4, 0.5) is 5.69 Å². The summed E-state index contributed by atoms with van der Waals surface area (Å²) in [5.74, 6) is -2.60. The normalized spacial score (nSPS) is 29.5. The number of hydrogen-bond donors (Lipinski definition) is 6. The fourth-order valence-electron chi connectivity index (χ4n) is 5.34. The van der Waals surface area contributed by atoms with Crippen LogP contribution in [0.5, 0.6) is 0 Å². The van der Waals surface area contributed by atoms with Crippen molar-refractivity contribution in [2.45, 2.75) is 61.6 Å². The molecule has 232 valence electrons. The zero-order valence-corrected chi connectivity index (χ0v) is 23.7. The van der Waals surface area contributed by atoms with Crippen molar-refractivity contribution in [2.24, 2.45) is 11.2 Å². The van der Waals surface area contributed by atoms with Crippen LogP contribution in [0.3, 0.4) is 0 Å². The van der Waals surface area contributed by atoms with Crippen LogP contribution in [-0.4, -0.2) is 85.0 Å². The van der Waals surface area contributed by atoms with Gasteiger partial charge in [-0.15, -0.1) is 0 Å². The number of benzene rings is 1. The molecule has 0 radical (unpaired) electrons. The molecule has 0 saturated carbocycles. The van der Waals surface area contributed by atoms with Gasteiger partial charge < -0.3 is 35.1 Å². The summed E-state index contributed by atoms with van der Waals surface area (Å²) in [5, 5.41) is 37.3. The smallest absolute Gasteiger partial charge is 0.330 e. The summed E-state index contributed by atoms with van der Waals surface area (Å²) in [6.45, 7) is -0.0253. The molecule has 18 heteroatoms. The highest BCUT2D eigenvalue weighted by atomic mass is 31.2. The Bertz CT molecular complexity index is 1340. The molecule has 2 aliphatic heterocycles. The van der Waals surface area contributed by atoms with Crippen molar-refractivity contribution >= 4 is 14.2 Å². The van der Waals surface area contributed by atoms with Crippen molar-refractivity contribution < 1.29 is 38.9 Å². The minimum atomic E-state index is -2.60. The van der Waals surface area contributed by atoms with Crippen LogP contribution in [-0.2, 0) is 18.8 Å². The summed E-state index contributed by atoms with van der Waals surface area (Å²) >= 11 is 0. The Morgan fingerprint density at radius 2 is 2.00 bits per heavy atom. The number of nitrogens with zero attached hydrogens (tertiary/aromatic N) is 3. The molecule has 2 saturated heterocycles. The molecule has 42 heavy (non-hydrogen) atoms. The fraction of sp³-hybridized carbons (Fsp3) is 0.583. The van der Waals surface area contributed by atoms with Crippen molar-refractivity contribution in [3.05, 3.63) is 73.0 Å². The SMILES string of the molecule is CN(CCC(O[C@@]1(O)[C@@H](CN)O[C@@H](n2ccc(=O)[nH]c2=O)[C@@]1(O)C1CCCCO1)c1ccc([N+](=O)[O-])cc1)OP(N)O. The van der Waals surface area contributed by atoms with Crippen molar-refractivity contribution in [3.63, 3.8) is 0 Å². The molecule has 0 amide bonds. The number of ether oxygens (including phenoxy) is 3. The van der Waals surface area contributed by atoms with E-state index in [0.29, 0.717) is 18.4 Å². The van der Waals surface area contributed by atoms with E-state index in [1.165, 1.54) is 36.4 Å². The van der Waals surface area contributed by atoms with Crippen LogP contribution in [0.2, 0.25) is 0 Å². The second-order valence-electron chi connectivity index (χ2n) is 10.1. The van der Waals surface area contributed by atoms with E-state index in [1.54, 1.807) is 0 Å². The minimum Gasteiger partial charge on any atom is -0.378 e. The summed E-state index contributed by atoms with van der Waals surface area (Å²) in [7, 11) is -0.715. The molecule has 8 N–H and O–H groups in total. The van der Waals surface area contributed by atoms with E-state index in [9.17, 15) is 34.8 Å². The number of aliphatic hydroxyl groups is 2. The maximum Gasteiger partial charge on any atom is 0.330 e. The zero-order valence-electron chi connectivity index (χ0n) is 22.8. The number of H-pyrrole nitrogens is 1. The van der Waals surface area contributed by atoms with Crippen molar-refractivity contribution in [1.82, 2.24) is 14.6 Å². The molecule has 4 rings (SSSR count). The van der Waals surface area contributed by atoms with Gasteiger partial charge in [0, 0.05) is 51.1 Å². The van der Waals surface area contributed by atoms with Crippen LogP contribution in [0, 0.1) is 10.1 Å². The maximum atomic E-state index is 12.8. The van der Waals surface area contributed by atoms with Gasteiger partial charge in [-0.05, 0) is 43.4 Å². The standard InChI is InChI=1S/C24H35N6O11P/c1-28(41-42(26)37)11-9-17(15-5-7-16(8-6-15)30(35)36)40-24(34)19(14-25)39-21(29-12-10-20(31)27-22(29)32)23(24,33)18-4-2-3-13-38-18/h5-8,10,12,17-19,21,33-34,37H,2-4,9,11,13-14,25-26H2,1H3,(H,27,31,32)/t17?,18?,19-,21-,23+,24+,42?/m1/s1. The predicted molar refractivity (Wildman–Crippen MR) is 146 cm³/mol. The Balaban J connectivity index is 1.79. The van der Waals surface area contributed by atoms with Crippen LogP contribution >= 0.6 is 8.53 Å². The molecule has 7 atom stereocenters. The van der Waals surface area contributed by atoms with E-state index in [4.69, 9.17) is 30.1 Å². The number of aromatic amines is 1. The monoisotopic (exact) mass is 614 g/mol. The number of rotatable bonds is 12. The molecule has 2 aliphatic rings. The highest BCUT2D eigenvalue weighted by Gasteiger charge is 2.72. The maximum absolute atomic E-state index is 12.8. The molecule has 3 heterocycles. The second-order valence-corrected chi connectivity index (χ2v) is 10.9. The van der Waals surface area contributed by atoms with E-state index in [1.807, 2.05) is 0 Å². The number of hydroxylamine groups is 2. The number of nitro groups is 1. The highest BCUT2D eigenvalue weighted by molar-refractivity contribution is 7.43. The summed E-state index contributed by atoms with van der Waals surface area (Å²) in [4.78, 5) is 46.8. The van der Waals surface area contributed by atoms with Crippen LogP contribution in [0.15, 0.2) is 46.1 Å². The van der Waals surface area contributed by atoms with Gasteiger partial charge in [0.25, 0.3) is 19.8 Å². The van der Waals surface area contributed by atoms with Crippen LogP contribution in [0.1, 0.15) is 43.6 Å². The first-order valence-corrected chi connectivity index (χ1v) is 14.5. The molecule has 3 unspecified atom stereocenters. The Labute approximate surface area is 240 Å². The molecule has 17 nitrogen and oxygen atoms in total. The summed E-state index contributed by atoms with van der Waals surface area (Å²) in [5.41, 5.74) is 7.53. The number of non-ortho nitro benzene ring substituents is 1. The summed E-state index contributed by atoms with van der Waals surface area (Å²) in [6, 6.07) is 6.44. The predicted octanol–water partition coefficient (Wildman–Crippen LogP) is -0.521. The molecular formula is C24H35N6O11P. The van der Waals surface area contributed by atoms with Gasteiger partial charge in [-0.25, -0.2) is 9.42 Å². The van der Waals surface area contributed by atoms with Gasteiger partial charge in [-0.1, -0.05) is 0 Å². The number of nitrogens with two attached hydrogens (primary N) is 2. The first-order valence-electron chi connectivity index (χ1n) is 13.2. The number of nitrogens with one attached hydrogen (secondary N) is 1. The Kier molecular flexibility index (Phi) is 10.2. The number of nitro benzene ring substituents is 1. The molecular weight excluding hydrogens is 579 g/mol. The second kappa shape index (κ2) is 13.3. The van der Waals surface area contributed by atoms with Gasteiger partial charge in [0.2, 0.25) is 5.79 Å². The van der Waals surface area contributed by atoms with E-state index in [-0.39, 0.29) is 38.2 Å². The molecule has 2 aromatic rings. The topological polar surface area (TPSA) is 251 Å². The quantitative estimate of drug-likeness (QED) is 0.0762. The molecule has 0 aliphatic carbocycles. The van der Waals surface area contributed by atoms with E-state index < -0.39 is 60.6 Å². The van der Waals surface area contributed by atoms with Crippen molar-refractivity contribution in [1.29, 1.82) is 0 Å². The molecule has 0 spiro atoms.